The summed E-state index contributed by atoms with van der Waals surface area (Å²) in [5.41, 5.74) is 5.61. The fourth-order valence-corrected chi connectivity index (χ4v) is 4.74. The first kappa shape index (κ1) is 18.3. The van der Waals surface area contributed by atoms with Gasteiger partial charge in [0.05, 0.1) is 42.2 Å². The molecule has 1 aliphatic carbocycles. The van der Waals surface area contributed by atoms with Crippen LogP contribution in [0.3, 0.4) is 0 Å². The second-order valence-corrected chi connectivity index (χ2v) is 8.38. The number of nitrogens with zero attached hydrogens (tertiary/aromatic N) is 3. The van der Waals surface area contributed by atoms with Crippen molar-refractivity contribution in [2.24, 2.45) is 5.92 Å². The van der Waals surface area contributed by atoms with Gasteiger partial charge in [-0.05, 0) is 43.0 Å². The van der Waals surface area contributed by atoms with Crippen molar-refractivity contribution in [1.29, 1.82) is 0 Å². The van der Waals surface area contributed by atoms with Crippen molar-refractivity contribution >= 4 is 33.6 Å². The quantitative estimate of drug-likeness (QED) is 0.492. The summed E-state index contributed by atoms with van der Waals surface area (Å²) in [4.78, 5) is 17.3. The normalized spacial score (nSPS) is 15.3. The van der Waals surface area contributed by atoms with Gasteiger partial charge in [0, 0.05) is 25.0 Å². The summed E-state index contributed by atoms with van der Waals surface area (Å²) in [6, 6.07) is 12.1. The summed E-state index contributed by atoms with van der Waals surface area (Å²) in [5, 5.41) is 4.70. The fraction of sp³-hybridized carbons (Fsp3) is 0.333. The molecule has 0 amide bonds. The maximum atomic E-state index is 12.2. The third kappa shape index (κ3) is 2.80. The number of fused-ring (bicyclic) bond motifs is 1. The van der Waals surface area contributed by atoms with Crippen molar-refractivity contribution < 1.29 is 14.3 Å². The average Bonchev–Trinajstić information content (AvgIpc) is 3.44. The molecule has 0 saturated heterocycles. The van der Waals surface area contributed by atoms with Crippen LogP contribution in [0.1, 0.15) is 23.2 Å². The molecule has 158 valence electrons. The standard InChI is InChI=1S/C24H24N4O3/c1-30-20-12-16(24(29)31-2)10-18-22(20)28(13-14-6-7-14)23(26-18)19-11-15-4-3-5-17-21(15)27(19)9-8-25-17/h3-5,10-12,14,25H,6-9,13H2,1-2H3. The summed E-state index contributed by atoms with van der Waals surface area (Å²) in [6.07, 6.45) is 2.47. The molecule has 0 spiro atoms. The van der Waals surface area contributed by atoms with Gasteiger partial charge in [-0.15, -0.1) is 0 Å². The molecule has 2 aromatic heterocycles. The lowest BCUT2D eigenvalue weighted by Gasteiger charge is -2.20. The van der Waals surface area contributed by atoms with Crippen LogP contribution in [-0.4, -0.2) is 40.9 Å². The summed E-state index contributed by atoms with van der Waals surface area (Å²) in [5.74, 6) is 1.84. The van der Waals surface area contributed by atoms with Gasteiger partial charge in [-0.1, -0.05) is 12.1 Å². The molecule has 7 heteroatoms. The molecule has 0 atom stereocenters. The molecule has 0 radical (unpaired) electrons. The van der Waals surface area contributed by atoms with Crippen LogP contribution < -0.4 is 10.1 Å². The minimum atomic E-state index is -0.391. The Balaban J connectivity index is 1.64. The van der Waals surface area contributed by atoms with Crippen LogP contribution in [0.5, 0.6) is 5.75 Å². The predicted molar refractivity (Wildman–Crippen MR) is 120 cm³/mol. The van der Waals surface area contributed by atoms with E-state index in [1.165, 1.54) is 30.9 Å². The summed E-state index contributed by atoms with van der Waals surface area (Å²) in [6.45, 7) is 2.66. The molecule has 1 fully saturated rings. The zero-order valence-corrected chi connectivity index (χ0v) is 17.6. The zero-order valence-electron chi connectivity index (χ0n) is 17.6. The van der Waals surface area contributed by atoms with Gasteiger partial charge >= 0.3 is 5.97 Å². The van der Waals surface area contributed by atoms with Gasteiger partial charge in [0.2, 0.25) is 0 Å². The lowest BCUT2D eigenvalue weighted by atomic mass is 10.2. The van der Waals surface area contributed by atoms with Gasteiger partial charge in [0.25, 0.3) is 0 Å². The van der Waals surface area contributed by atoms with E-state index >= 15 is 0 Å². The van der Waals surface area contributed by atoms with Gasteiger partial charge in [0.1, 0.15) is 11.3 Å². The molecular weight excluding hydrogens is 392 g/mol. The van der Waals surface area contributed by atoms with Crippen LogP contribution in [0, 0.1) is 5.92 Å². The summed E-state index contributed by atoms with van der Waals surface area (Å²) >= 11 is 0. The molecule has 0 bridgehead atoms. The second kappa shape index (κ2) is 6.77. The number of hydrogen-bond donors (Lipinski definition) is 1. The highest BCUT2D eigenvalue weighted by Crippen LogP contribution is 2.40. The fourth-order valence-electron chi connectivity index (χ4n) is 4.74. The first-order chi connectivity index (χ1) is 15.2. The van der Waals surface area contributed by atoms with Crippen LogP contribution in [-0.2, 0) is 17.8 Å². The Morgan fingerprint density at radius 1 is 1.19 bits per heavy atom. The first-order valence-corrected chi connectivity index (χ1v) is 10.7. The van der Waals surface area contributed by atoms with Crippen LogP contribution >= 0.6 is 0 Å². The zero-order chi connectivity index (χ0) is 21.1. The summed E-state index contributed by atoms with van der Waals surface area (Å²) < 4.78 is 15.3. The predicted octanol–water partition coefficient (Wildman–Crippen LogP) is 4.29. The Morgan fingerprint density at radius 3 is 2.84 bits per heavy atom. The molecule has 0 unspecified atom stereocenters. The number of imidazole rings is 1. The Morgan fingerprint density at radius 2 is 2.06 bits per heavy atom. The number of aromatic nitrogens is 3. The topological polar surface area (TPSA) is 70.3 Å². The lowest BCUT2D eigenvalue weighted by molar-refractivity contribution is 0.0600. The van der Waals surface area contributed by atoms with E-state index in [9.17, 15) is 4.79 Å². The molecule has 4 aromatic rings. The number of hydrogen-bond acceptors (Lipinski definition) is 5. The highest BCUT2D eigenvalue weighted by molar-refractivity contribution is 5.99. The number of rotatable bonds is 5. The molecule has 2 aliphatic rings. The van der Waals surface area contributed by atoms with Gasteiger partial charge in [0.15, 0.2) is 5.82 Å². The van der Waals surface area contributed by atoms with Crippen molar-refractivity contribution in [3.63, 3.8) is 0 Å². The van der Waals surface area contributed by atoms with Crippen LogP contribution in [0.15, 0.2) is 36.4 Å². The average molecular weight is 416 g/mol. The molecule has 7 nitrogen and oxygen atoms in total. The van der Waals surface area contributed by atoms with Crippen LogP contribution in [0.2, 0.25) is 0 Å². The van der Waals surface area contributed by atoms with Crippen molar-refractivity contribution in [2.45, 2.75) is 25.9 Å². The molecule has 6 rings (SSSR count). The van der Waals surface area contributed by atoms with E-state index in [0.29, 0.717) is 17.2 Å². The minimum Gasteiger partial charge on any atom is -0.494 e. The monoisotopic (exact) mass is 416 g/mol. The Kier molecular flexibility index (Phi) is 4.00. The largest absolute Gasteiger partial charge is 0.494 e. The molecule has 31 heavy (non-hydrogen) atoms. The van der Waals surface area contributed by atoms with Gasteiger partial charge in [-0.25, -0.2) is 9.78 Å². The van der Waals surface area contributed by atoms with E-state index in [0.717, 1.165) is 47.9 Å². The number of ether oxygens (including phenoxy) is 2. The number of carbonyl (C=O) groups excluding carboxylic acids is 1. The van der Waals surface area contributed by atoms with Gasteiger partial charge < -0.3 is 23.9 Å². The van der Waals surface area contributed by atoms with Crippen molar-refractivity contribution in [2.75, 3.05) is 26.1 Å². The van der Waals surface area contributed by atoms with Crippen molar-refractivity contribution in [1.82, 2.24) is 14.1 Å². The second-order valence-electron chi connectivity index (χ2n) is 8.38. The van der Waals surface area contributed by atoms with Gasteiger partial charge in [-0.2, -0.15) is 0 Å². The van der Waals surface area contributed by atoms with E-state index in [-0.39, 0.29) is 0 Å². The van der Waals surface area contributed by atoms with E-state index in [1.807, 2.05) is 6.07 Å². The third-order valence-electron chi connectivity index (χ3n) is 6.39. The highest BCUT2D eigenvalue weighted by Gasteiger charge is 2.28. The number of carbonyl (C=O) groups is 1. The first-order valence-electron chi connectivity index (χ1n) is 10.7. The van der Waals surface area contributed by atoms with Crippen molar-refractivity contribution in [3.8, 4) is 17.3 Å². The van der Waals surface area contributed by atoms with Gasteiger partial charge in [-0.3, -0.25) is 0 Å². The Bertz CT molecular complexity index is 1350. The maximum absolute atomic E-state index is 12.2. The molecule has 3 heterocycles. The lowest BCUT2D eigenvalue weighted by Crippen LogP contribution is -2.18. The van der Waals surface area contributed by atoms with E-state index in [1.54, 1.807) is 13.2 Å². The molecule has 2 aromatic carbocycles. The Labute approximate surface area is 179 Å². The Hall–Kier alpha value is -3.48. The number of methoxy groups -OCH3 is 2. The molecule has 1 aliphatic heterocycles. The molecule has 1 N–H and O–H groups in total. The van der Waals surface area contributed by atoms with Crippen molar-refractivity contribution in [3.05, 3.63) is 42.0 Å². The van der Waals surface area contributed by atoms with Crippen LogP contribution in [0.4, 0.5) is 5.69 Å². The molecular formula is C24H24N4O3. The summed E-state index contributed by atoms with van der Waals surface area (Å²) in [7, 11) is 3.02. The van der Waals surface area contributed by atoms with E-state index < -0.39 is 5.97 Å². The maximum Gasteiger partial charge on any atom is 0.338 e. The number of benzene rings is 2. The number of nitrogens with one attached hydrogen (secondary N) is 1. The minimum absolute atomic E-state index is 0.391. The SMILES string of the molecule is COC(=O)c1cc(OC)c2c(c1)nc(-c1cc3cccc4c3n1CCN4)n2CC1CC1. The highest BCUT2D eigenvalue weighted by atomic mass is 16.5. The van der Waals surface area contributed by atoms with E-state index in [2.05, 4.69) is 38.7 Å². The van der Waals surface area contributed by atoms with E-state index in [4.69, 9.17) is 14.5 Å². The number of esters is 1. The smallest absolute Gasteiger partial charge is 0.338 e. The van der Waals surface area contributed by atoms with Crippen LogP contribution in [0.25, 0.3) is 33.5 Å². The number of para-hydroxylation sites is 1. The molecule has 1 saturated carbocycles. The number of anilines is 1. The third-order valence-corrected chi connectivity index (χ3v) is 6.39.